The van der Waals surface area contributed by atoms with Gasteiger partial charge in [0.25, 0.3) is 0 Å². The first-order chi connectivity index (χ1) is 6.52. The second-order valence-electron chi connectivity index (χ2n) is 2.47. The van der Waals surface area contributed by atoms with Crippen LogP contribution >= 0.6 is 35.8 Å². The maximum absolute atomic E-state index is 10.5. The van der Waals surface area contributed by atoms with Gasteiger partial charge in [0.15, 0.2) is 0 Å². The number of halogens is 2. The Kier molecular flexibility index (Phi) is 3.86. The van der Waals surface area contributed by atoms with E-state index in [2.05, 4.69) is 12.6 Å². The highest BCUT2D eigenvalue weighted by Gasteiger charge is 2.06. The van der Waals surface area contributed by atoms with E-state index in [0.29, 0.717) is 15.6 Å². The number of benzene rings is 1. The topological polar surface area (TPSA) is 37.3 Å². The molecule has 1 N–H and O–H groups in total. The molecule has 0 aliphatic heterocycles. The highest BCUT2D eigenvalue weighted by Crippen LogP contribution is 2.27. The molecule has 0 unspecified atom stereocenters. The summed E-state index contributed by atoms with van der Waals surface area (Å²) < 4.78 is 0. The van der Waals surface area contributed by atoms with Crippen molar-refractivity contribution in [2.45, 2.75) is 0 Å². The molecule has 1 aromatic rings. The number of aliphatic carboxylic acids is 1. The van der Waals surface area contributed by atoms with E-state index in [1.165, 1.54) is 6.08 Å². The van der Waals surface area contributed by atoms with Gasteiger partial charge in [-0.1, -0.05) is 29.3 Å². The molecule has 0 aromatic heterocycles. The van der Waals surface area contributed by atoms with E-state index in [4.69, 9.17) is 28.3 Å². The van der Waals surface area contributed by atoms with Gasteiger partial charge in [0.2, 0.25) is 0 Å². The van der Waals surface area contributed by atoms with Crippen LogP contribution in [0.1, 0.15) is 5.56 Å². The van der Waals surface area contributed by atoms with Gasteiger partial charge in [-0.15, -0.1) is 12.6 Å². The molecule has 0 saturated carbocycles. The molecule has 0 radical (unpaired) electrons. The van der Waals surface area contributed by atoms with Crippen molar-refractivity contribution in [1.29, 1.82) is 0 Å². The van der Waals surface area contributed by atoms with Gasteiger partial charge in [-0.05, 0) is 18.2 Å². The third kappa shape index (κ3) is 2.67. The van der Waals surface area contributed by atoms with Crippen LogP contribution in [-0.2, 0) is 4.79 Å². The largest absolute Gasteiger partial charge is 0.477 e. The normalized spacial score (nSPS) is 11.5. The van der Waals surface area contributed by atoms with Gasteiger partial charge in [0.1, 0.15) is 0 Å². The summed E-state index contributed by atoms with van der Waals surface area (Å²) in [5.74, 6) is -1.12. The second kappa shape index (κ2) is 4.73. The van der Waals surface area contributed by atoms with E-state index in [-0.39, 0.29) is 4.91 Å². The number of hydrogen-bond acceptors (Lipinski definition) is 2. The Morgan fingerprint density at radius 1 is 1.36 bits per heavy atom. The van der Waals surface area contributed by atoms with Crippen LogP contribution < -0.4 is 0 Å². The number of rotatable bonds is 2. The number of hydrogen-bond donors (Lipinski definition) is 2. The van der Waals surface area contributed by atoms with E-state index in [0.717, 1.165) is 0 Å². The Morgan fingerprint density at radius 2 is 1.86 bits per heavy atom. The first kappa shape index (κ1) is 11.4. The molecule has 0 heterocycles. The van der Waals surface area contributed by atoms with Gasteiger partial charge < -0.3 is 5.11 Å². The molecule has 1 rings (SSSR count). The molecule has 5 heteroatoms. The van der Waals surface area contributed by atoms with Gasteiger partial charge in [0.05, 0.1) is 4.91 Å². The highest BCUT2D eigenvalue weighted by molar-refractivity contribution is 7.85. The molecule has 0 spiro atoms. The molecule has 1 aromatic carbocycles. The zero-order valence-corrected chi connectivity index (χ0v) is 9.27. The van der Waals surface area contributed by atoms with Crippen molar-refractivity contribution in [2.24, 2.45) is 0 Å². The summed E-state index contributed by atoms with van der Waals surface area (Å²) in [4.78, 5) is 10.4. The van der Waals surface area contributed by atoms with E-state index < -0.39 is 5.97 Å². The molecular weight excluding hydrogens is 243 g/mol. The monoisotopic (exact) mass is 248 g/mol. The minimum atomic E-state index is -1.12. The molecule has 2 nitrogen and oxygen atoms in total. The molecule has 74 valence electrons. The van der Waals surface area contributed by atoms with Crippen LogP contribution in [0.5, 0.6) is 0 Å². The zero-order chi connectivity index (χ0) is 10.7. The summed E-state index contributed by atoms with van der Waals surface area (Å²) in [5, 5.41) is 9.38. The SMILES string of the molecule is O=C(O)C(S)=Cc1c(Cl)cccc1Cl. The highest BCUT2D eigenvalue weighted by atomic mass is 35.5. The molecule has 0 aliphatic carbocycles. The van der Waals surface area contributed by atoms with Gasteiger partial charge >= 0.3 is 5.97 Å². The van der Waals surface area contributed by atoms with Crippen LogP contribution in [0.15, 0.2) is 23.1 Å². The van der Waals surface area contributed by atoms with Crippen molar-refractivity contribution >= 4 is 47.9 Å². The molecule has 0 atom stereocenters. The van der Waals surface area contributed by atoms with E-state index in [1.54, 1.807) is 18.2 Å². The van der Waals surface area contributed by atoms with Crippen LogP contribution in [0.3, 0.4) is 0 Å². The first-order valence-electron chi connectivity index (χ1n) is 3.60. The Morgan fingerprint density at radius 3 is 2.29 bits per heavy atom. The van der Waals surface area contributed by atoms with Gasteiger partial charge in [-0.2, -0.15) is 0 Å². The second-order valence-corrected chi connectivity index (χ2v) is 3.77. The van der Waals surface area contributed by atoms with Crippen molar-refractivity contribution in [2.75, 3.05) is 0 Å². The van der Waals surface area contributed by atoms with Crippen LogP contribution in [0, 0.1) is 0 Å². The molecule has 0 fully saturated rings. The fourth-order valence-electron chi connectivity index (χ4n) is 0.847. The number of carboxylic acid groups (broad SMARTS) is 1. The molecule has 0 aliphatic rings. The lowest BCUT2D eigenvalue weighted by Crippen LogP contribution is -1.93. The molecule has 0 amide bonds. The molecular formula is C9H6Cl2O2S. The lowest BCUT2D eigenvalue weighted by Gasteiger charge is -2.01. The van der Waals surface area contributed by atoms with Crippen LogP contribution in [0.2, 0.25) is 10.0 Å². The van der Waals surface area contributed by atoms with Crippen molar-refractivity contribution in [3.05, 3.63) is 38.7 Å². The standard InChI is InChI=1S/C9H6Cl2O2S/c10-6-2-1-3-7(11)5(6)4-8(14)9(12)13/h1-4,14H,(H,12,13). The minimum absolute atomic E-state index is 0.111. The van der Waals surface area contributed by atoms with Crippen molar-refractivity contribution in [1.82, 2.24) is 0 Å². The third-order valence-electron chi connectivity index (χ3n) is 1.50. The summed E-state index contributed by atoms with van der Waals surface area (Å²) in [6.07, 6.45) is 1.32. The van der Waals surface area contributed by atoms with E-state index >= 15 is 0 Å². The summed E-state index contributed by atoms with van der Waals surface area (Å²) in [6.45, 7) is 0. The van der Waals surface area contributed by atoms with Crippen molar-refractivity contribution in [3.8, 4) is 0 Å². The molecule has 0 bridgehead atoms. The Labute approximate surface area is 96.6 Å². The van der Waals surface area contributed by atoms with Gasteiger partial charge in [0, 0.05) is 15.6 Å². The lowest BCUT2D eigenvalue weighted by atomic mass is 10.2. The zero-order valence-electron chi connectivity index (χ0n) is 6.87. The predicted octanol–water partition coefficient (Wildman–Crippen LogP) is 3.35. The maximum Gasteiger partial charge on any atom is 0.341 e. The summed E-state index contributed by atoms with van der Waals surface area (Å²) in [6, 6.07) is 4.94. The third-order valence-corrected chi connectivity index (χ3v) is 2.48. The first-order valence-corrected chi connectivity index (χ1v) is 4.80. The Hall–Kier alpha value is -0.640. The quantitative estimate of drug-likeness (QED) is 0.623. The van der Waals surface area contributed by atoms with Crippen LogP contribution in [0.4, 0.5) is 0 Å². The summed E-state index contributed by atoms with van der Waals surface area (Å²) >= 11 is 15.4. The van der Waals surface area contributed by atoms with Crippen molar-refractivity contribution < 1.29 is 9.90 Å². The lowest BCUT2D eigenvalue weighted by molar-refractivity contribution is -0.131. The number of carbonyl (C=O) groups is 1. The van der Waals surface area contributed by atoms with E-state index in [9.17, 15) is 4.79 Å². The minimum Gasteiger partial charge on any atom is -0.477 e. The van der Waals surface area contributed by atoms with Crippen LogP contribution in [0.25, 0.3) is 6.08 Å². The summed E-state index contributed by atoms with van der Waals surface area (Å²) in [5.41, 5.74) is 0.461. The molecule has 0 saturated heterocycles. The Bertz CT molecular complexity index is 382. The average Bonchev–Trinajstić information content (AvgIpc) is 2.11. The van der Waals surface area contributed by atoms with Gasteiger partial charge in [-0.25, -0.2) is 4.79 Å². The van der Waals surface area contributed by atoms with Crippen LogP contribution in [-0.4, -0.2) is 11.1 Å². The molecule has 14 heavy (non-hydrogen) atoms. The summed E-state index contributed by atoms with van der Waals surface area (Å²) in [7, 11) is 0. The van der Waals surface area contributed by atoms with Crippen molar-refractivity contribution in [3.63, 3.8) is 0 Å². The fraction of sp³-hybridized carbons (Fsp3) is 0. The average molecular weight is 249 g/mol. The fourth-order valence-corrected chi connectivity index (χ4v) is 1.48. The number of thiol groups is 1. The smallest absolute Gasteiger partial charge is 0.341 e. The van der Waals surface area contributed by atoms with E-state index in [1.807, 2.05) is 0 Å². The maximum atomic E-state index is 10.5. The number of carboxylic acids is 1. The predicted molar refractivity (Wildman–Crippen MR) is 61.1 cm³/mol. The Balaban J connectivity index is 3.20. The van der Waals surface area contributed by atoms with Gasteiger partial charge in [-0.3, -0.25) is 0 Å².